The van der Waals surface area contributed by atoms with E-state index in [0.717, 1.165) is 25.7 Å². The lowest BCUT2D eigenvalue weighted by Crippen LogP contribution is -2.49. The van der Waals surface area contributed by atoms with E-state index in [1.54, 1.807) is 0 Å². The second-order valence-electron chi connectivity index (χ2n) is 13.3. The summed E-state index contributed by atoms with van der Waals surface area (Å²) in [7, 11) is 0. The highest BCUT2D eigenvalue weighted by Crippen LogP contribution is 2.54. The summed E-state index contributed by atoms with van der Waals surface area (Å²) < 4.78 is 0. The molecule has 0 aliphatic heterocycles. The zero-order chi connectivity index (χ0) is 24.3. The zero-order valence-electron chi connectivity index (χ0n) is 23.2. The SMILES string of the molecule is CC.CCC1CC(O)C(C(C)(C)C)CC1C(C(C)C)C1CC(C(C)(C)C)C(O)CC1C. The molecule has 2 aliphatic carbocycles. The van der Waals surface area contributed by atoms with Gasteiger partial charge >= 0.3 is 0 Å². The van der Waals surface area contributed by atoms with Gasteiger partial charge in [0.15, 0.2) is 0 Å². The Kier molecular flexibility index (Phi) is 10.6. The van der Waals surface area contributed by atoms with Gasteiger partial charge in [0.05, 0.1) is 12.2 Å². The van der Waals surface area contributed by atoms with Crippen LogP contribution in [0.4, 0.5) is 0 Å². The standard InChI is InChI=1S/C27H52O2.C2H6/c1-11-18-13-24(29)22(27(8,9)10)15-20(18)25(16(2)3)19-14-21(26(5,6)7)23(28)12-17(19)4;1-2/h16-25,28-29H,11-15H2,1-10H3;1-2H3. The van der Waals surface area contributed by atoms with Crippen molar-refractivity contribution in [2.45, 2.75) is 127 Å². The van der Waals surface area contributed by atoms with E-state index in [1.807, 2.05) is 13.8 Å². The van der Waals surface area contributed by atoms with E-state index in [4.69, 9.17) is 0 Å². The molecule has 0 spiro atoms. The van der Waals surface area contributed by atoms with Crippen LogP contribution in [0.15, 0.2) is 0 Å². The van der Waals surface area contributed by atoms with Crippen LogP contribution in [0.25, 0.3) is 0 Å². The fourth-order valence-corrected chi connectivity index (χ4v) is 7.34. The first-order valence-corrected chi connectivity index (χ1v) is 13.5. The molecule has 0 radical (unpaired) electrons. The molecule has 2 aliphatic rings. The molecule has 0 amide bonds. The van der Waals surface area contributed by atoms with Gasteiger partial charge in [0.1, 0.15) is 0 Å². The van der Waals surface area contributed by atoms with Crippen molar-refractivity contribution in [3.63, 3.8) is 0 Å². The molecular formula is C29H58O2. The fourth-order valence-electron chi connectivity index (χ4n) is 7.34. The zero-order valence-corrected chi connectivity index (χ0v) is 23.2. The molecule has 0 bridgehead atoms. The molecule has 0 aromatic rings. The van der Waals surface area contributed by atoms with E-state index in [1.165, 1.54) is 6.42 Å². The van der Waals surface area contributed by atoms with Crippen LogP contribution < -0.4 is 0 Å². The molecule has 2 nitrogen and oxygen atoms in total. The normalized spacial score (nSPS) is 38.4. The number of hydrogen-bond donors (Lipinski definition) is 2. The highest BCUT2D eigenvalue weighted by molar-refractivity contribution is 4.98. The summed E-state index contributed by atoms with van der Waals surface area (Å²) in [4.78, 5) is 0. The minimum atomic E-state index is -0.161. The van der Waals surface area contributed by atoms with Gasteiger partial charge in [0.25, 0.3) is 0 Å². The van der Waals surface area contributed by atoms with Crippen LogP contribution >= 0.6 is 0 Å². The Balaban J connectivity index is 0.00000233. The maximum atomic E-state index is 11.0. The summed E-state index contributed by atoms with van der Waals surface area (Å²) >= 11 is 0. The molecule has 186 valence electrons. The van der Waals surface area contributed by atoms with Crippen LogP contribution in [0, 0.1) is 58.2 Å². The lowest BCUT2D eigenvalue weighted by Gasteiger charge is -2.53. The van der Waals surface area contributed by atoms with Gasteiger partial charge in [-0.1, -0.05) is 89.5 Å². The average Bonchev–Trinajstić information content (AvgIpc) is 2.63. The molecule has 0 heterocycles. The minimum absolute atomic E-state index is 0.153. The Morgan fingerprint density at radius 3 is 1.55 bits per heavy atom. The van der Waals surface area contributed by atoms with Crippen molar-refractivity contribution in [1.82, 2.24) is 0 Å². The number of hydrogen-bond acceptors (Lipinski definition) is 2. The van der Waals surface area contributed by atoms with Gasteiger partial charge in [-0.2, -0.15) is 0 Å². The predicted molar refractivity (Wildman–Crippen MR) is 136 cm³/mol. The fraction of sp³-hybridized carbons (Fsp3) is 1.00. The molecule has 31 heavy (non-hydrogen) atoms. The van der Waals surface area contributed by atoms with Gasteiger partial charge < -0.3 is 10.2 Å². The highest BCUT2D eigenvalue weighted by atomic mass is 16.3. The van der Waals surface area contributed by atoms with E-state index in [2.05, 4.69) is 69.2 Å². The maximum Gasteiger partial charge on any atom is 0.0576 e. The third-order valence-corrected chi connectivity index (χ3v) is 8.98. The molecule has 0 aromatic heterocycles. The minimum Gasteiger partial charge on any atom is -0.393 e. The van der Waals surface area contributed by atoms with E-state index < -0.39 is 0 Å². The van der Waals surface area contributed by atoms with Crippen molar-refractivity contribution in [2.24, 2.45) is 58.2 Å². The Labute approximate surface area is 196 Å². The van der Waals surface area contributed by atoms with Crippen molar-refractivity contribution in [2.75, 3.05) is 0 Å². The van der Waals surface area contributed by atoms with Crippen molar-refractivity contribution in [3.8, 4) is 0 Å². The van der Waals surface area contributed by atoms with Crippen LogP contribution in [-0.2, 0) is 0 Å². The average molecular weight is 439 g/mol. The maximum absolute atomic E-state index is 11.0. The van der Waals surface area contributed by atoms with Crippen molar-refractivity contribution < 1.29 is 10.2 Å². The van der Waals surface area contributed by atoms with Gasteiger partial charge in [-0.25, -0.2) is 0 Å². The van der Waals surface area contributed by atoms with Gasteiger partial charge in [-0.05, 0) is 83.9 Å². The quantitative estimate of drug-likeness (QED) is 0.470. The Morgan fingerprint density at radius 1 is 0.742 bits per heavy atom. The van der Waals surface area contributed by atoms with Crippen molar-refractivity contribution >= 4 is 0 Å². The second-order valence-corrected chi connectivity index (χ2v) is 13.3. The van der Waals surface area contributed by atoms with Gasteiger partial charge in [-0.15, -0.1) is 0 Å². The monoisotopic (exact) mass is 438 g/mol. The summed E-state index contributed by atoms with van der Waals surface area (Å²) in [6.45, 7) is 27.4. The topological polar surface area (TPSA) is 40.5 Å². The molecule has 2 N–H and O–H groups in total. The highest BCUT2D eigenvalue weighted by Gasteiger charge is 2.49. The summed E-state index contributed by atoms with van der Waals surface area (Å²) in [6.07, 6.45) is 5.10. The number of aliphatic hydroxyl groups excluding tert-OH is 2. The summed E-state index contributed by atoms with van der Waals surface area (Å²) in [6, 6.07) is 0. The number of rotatable bonds is 4. The lowest BCUT2D eigenvalue weighted by atomic mass is 9.53. The smallest absolute Gasteiger partial charge is 0.0576 e. The third-order valence-electron chi connectivity index (χ3n) is 8.98. The first-order chi connectivity index (χ1) is 14.2. The van der Waals surface area contributed by atoms with Crippen LogP contribution in [0.1, 0.15) is 115 Å². The first-order valence-electron chi connectivity index (χ1n) is 13.5. The summed E-state index contributed by atoms with van der Waals surface area (Å²) in [5.41, 5.74) is 0.306. The van der Waals surface area contributed by atoms with Crippen LogP contribution in [0.3, 0.4) is 0 Å². The van der Waals surface area contributed by atoms with E-state index in [9.17, 15) is 10.2 Å². The second kappa shape index (κ2) is 11.4. The predicted octanol–water partition coefficient (Wildman–Crippen LogP) is 7.81. The van der Waals surface area contributed by atoms with E-state index in [-0.39, 0.29) is 23.0 Å². The molecule has 0 saturated heterocycles. The van der Waals surface area contributed by atoms with E-state index >= 15 is 0 Å². The van der Waals surface area contributed by atoms with Crippen LogP contribution in [0.2, 0.25) is 0 Å². The third kappa shape index (κ3) is 6.95. The largest absolute Gasteiger partial charge is 0.393 e. The van der Waals surface area contributed by atoms with Crippen LogP contribution in [-0.4, -0.2) is 22.4 Å². The van der Waals surface area contributed by atoms with Crippen LogP contribution in [0.5, 0.6) is 0 Å². The molecule has 9 unspecified atom stereocenters. The molecular weight excluding hydrogens is 380 g/mol. The van der Waals surface area contributed by atoms with Crippen molar-refractivity contribution in [1.29, 1.82) is 0 Å². The Hall–Kier alpha value is -0.0800. The molecule has 2 fully saturated rings. The van der Waals surface area contributed by atoms with Gasteiger partial charge in [-0.3, -0.25) is 0 Å². The van der Waals surface area contributed by atoms with Gasteiger partial charge in [0, 0.05) is 0 Å². The van der Waals surface area contributed by atoms with Crippen molar-refractivity contribution in [3.05, 3.63) is 0 Å². The first kappa shape index (κ1) is 29.0. The molecule has 9 atom stereocenters. The Morgan fingerprint density at radius 2 is 1.16 bits per heavy atom. The molecule has 0 aromatic carbocycles. The summed E-state index contributed by atoms with van der Waals surface area (Å²) in [5.74, 6) is 4.68. The molecule has 2 saturated carbocycles. The lowest BCUT2D eigenvalue weighted by molar-refractivity contribution is -0.0935. The molecule has 2 rings (SSSR count). The number of aliphatic hydroxyl groups is 2. The molecule has 2 heteroatoms. The summed E-state index contributed by atoms with van der Waals surface area (Å²) in [5, 5.41) is 21.8. The Bertz CT molecular complexity index is 512. The van der Waals surface area contributed by atoms with Gasteiger partial charge in [0.2, 0.25) is 0 Å². The van der Waals surface area contributed by atoms with E-state index in [0.29, 0.717) is 47.3 Å².